The van der Waals surface area contributed by atoms with Gasteiger partial charge in [-0.3, -0.25) is 4.79 Å². The van der Waals surface area contributed by atoms with E-state index in [-0.39, 0.29) is 5.75 Å². The summed E-state index contributed by atoms with van der Waals surface area (Å²) < 4.78 is 0.766. The van der Waals surface area contributed by atoms with Crippen LogP contribution in [0, 0.1) is 0 Å². The molecule has 0 aliphatic rings. The predicted molar refractivity (Wildman–Crippen MR) is 53.3 cm³/mol. The second kappa shape index (κ2) is 2.74. The second-order valence-corrected chi connectivity index (χ2v) is 3.77. The lowest BCUT2D eigenvalue weighted by Crippen LogP contribution is -1.82. The fraction of sp³-hybridized carbons (Fsp3) is 0. The molecule has 1 aromatic heterocycles. The molecule has 0 aliphatic heterocycles. The normalized spacial score (nSPS) is 10.5. The highest BCUT2D eigenvalue weighted by atomic mass is 32.1. The van der Waals surface area contributed by atoms with Gasteiger partial charge in [0.05, 0.1) is 9.58 Å². The first kappa shape index (κ1) is 8.07. The number of anilines is 1. The maximum absolute atomic E-state index is 10.5. The molecule has 0 saturated carbocycles. The third-order valence-electron chi connectivity index (χ3n) is 1.83. The van der Waals surface area contributed by atoms with Crippen LogP contribution in [0.1, 0.15) is 9.67 Å². The van der Waals surface area contributed by atoms with E-state index in [1.165, 1.54) is 17.4 Å². The summed E-state index contributed by atoms with van der Waals surface area (Å²) in [5, 5.41) is 10.1. The molecule has 0 spiro atoms. The van der Waals surface area contributed by atoms with E-state index in [1.54, 1.807) is 12.1 Å². The second-order valence-electron chi connectivity index (χ2n) is 2.68. The van der Waals surface area contributed by atoms with Crippen LogP contribution in [-0.2, 0) is 0 Å². The number of nitrogens with two attached hydrogens (primary N) is 1. The van der Waals surface area contributed by atoms with Crippen LogP contribution in [0.15, 0.2) is 18.2 Å². The average Bonchev–Trinajstić information content (AvgIpc) is 2.56. The highest BCUT2D eigenvalue weighted by Crippen LogP contribution is 2.35. The van der Waals surface area contributed by atoms with Gasteiger partial charge in [-0.15, -0.1) is 11.3 Å². The Morgan fingerprint density at radius 1 is 1.46 bits per heavy atom. The lowest BCUT2D eigenvalue weighted by Gasteiger charge is -1.96. The van der Waals surface area contributed by atoms with Crippen LogP contribution in [0.25, 0.3) is 10.1 Å². The van der Waals surface area contributed by atoms with E-state index in [9.17, 15) is 9.90 Å². The molecule has 66 valence electrons. The molecule has 0 amide bonds. The van der Waals surface area contributed by atoms with Crippen molar-refractivity contribution in [3.05, 3.63) is 23.1 Å². The zero-order chi connectivity index (χ0) is 9.42. The van der Waals surface area contributed by atoms with Crippen LogP contribution in [0.5, 0.6) is 5.75 Å². The topological polar surface area (TPSA) is 63.3 Å². The van der Waals surface area contributed by atoms with Crippen molar-refractivity contribution < 1.29 is 9.90 Å². The maximum Gasteiger partial charge on any atom is 0.160 e. The Morgan fingerprint density at radius 3 is 2.85 bits per heavy atom. The number of nitrogen functional groups attached to an aromatic ring is 1. The number of thiophene rings is 1. The van der Waals surface area contributed by atoms with Gasteiger partial charge < -0.3 is 10.8 Å². The minimum Gasteiger partial charge on any atom is -0.507 e. The van der Waals surface area contributed by atoms with Gasteiger partial charge in [0.25, 0.3) is 0 Å². The Labute approximate surface area is 78.4 Å². The molecule has 0 radical (unpaired) electrons. The molecule has 3 nitrogen and oxygen atoms in total. The van der Waals surface area contributed by atoms with E-state index in [1.807, 2.05) is 0 Å². The number of carbonyl (C=O) groups is 1. The van der Waals surface area contributed by atoms with Gasteiger partial charge in [0.15, 0.2) is 6.29 Å². The molecule has 2 aromatic rings. The van der Waals surface area contributed by atoms with Crippen LogP contribution in [0.2, 0.25) is 0 Å². The lowest BCUT2D eigenvalue weighted by atomic mass is 10.2. The first-order chi connectivity index (χ1) is 6.22. The molecular weight excluding hydrogens is 186 g/mol. The fourth-order valence-electron chi connectivity index (χ4n) is 1.21. The van der Waals surface area contributed by atoms with Crippen LogP contribution in [-0.4, -0.2) is 11.4 Å². The standard InChI is InChI=1S/C9H7NO2S/c10-7-1-2-8(12)6-3-5(4-11)13-9(6)7/h1-4,12H,10H2. The molecule has 13 heavy (non-hydrogen) atoms. The summed E-state index contributed by atoms with van der Waals surface area (Å²) in [7, 11) is 0. The number of phenols is 1. The summed E-state index contributed by atoms with van der Waals surface area (Å²) in [5.41, 5.74) is 6.27. The third-order valence-corrected chi connectivity index (χ3v) is 2.94. The third kappa shape index (κ3) is 1.15. The zero-order valence-corrected chi connectivity index (χ0v) is 7.47. The molecule has 4 heteroatoms. The molecule has 1 aromatic carbocycles. The van der Waals surface area contributed by atoms with Gasteiger partial charge in [-0.25, -0.2) is 0 Å². The van der Waals surface area contributed by atoms with Crippen molar-refractivity contribution in [2.45, 2.75) is 0 Å². The van der Waals surface area contributed by atoms with Crippen molar-refractivity contribution in [1.29, 1.82) is 0 Å². The van der Waals surface area contributed by atoms with E-state index in [4.69, 9.17) is 5.73 Å². The zero-order valence-electron chi connectivity index (χ0n) is 6.65. The number of benzene rings is 1. The van der Waals surface area contributed by atoms with Crippen LogP contribution in [0.4, 0.5) is 5.69 Å². The van der Waals surface area contributed by atoms with E-state index in [2.05, 4.69) is 0 Å². The summed E-state index contributed by atoms with van der Waals surface area (Å²) in [5.74, 6) is 0.161. The number of rotatable bonds is 1. The quantitative estimate of drug-likeness (QED) is 0.413. The summed E-state index contributed by atoms with van der Waals surface area (Å²) >= 11 is 1.28. The number of hydrogen-bond acceptors (Lipinski definition) is 4. The molecule has 0 saturated heterocycles. The summed E-state index contributed by atoms with van der Waals surface area (Å²) in [6, 6.07) is 4.79. The van der Waals surface area contributed by atoms with Crippen molar-refractivity contribution in [1.82, 2.24) is 0 Å². The van der Waals surface area contributed by atoms with E-state index in [0.29, 0.717) is 16.0 Å². The Kier molecular flexibility index (Phi) is 1.70. The van der Waals surface area contributed by atoms with Gasteiger partial charge in [0.1, 0.15) is 5.75 Å². The number of phenolic OH excluding ortho intramolecular Hbond substituents is 1. The Bertz CT molecular complexity index is 437. The van der Waals surface area contributed by atoms with Crippen molar-refractivity contribution in [2.24, 2.45) is 0 Å². The monoisotopic (exact) mass is 193 g/mol. The molecular formula is C9H7NO2S. The average molecular weight is 193 g/mol. The number of hydrogen-bond donors (Lipinski definition) is 2. The Morgan fingerprint density at radius 2 is 2.23 bits per heavy atom. The minimum atomic E-state index is 0.161. The van der Waals surface area contributed by atoms with Gasteiger partial charge in [-0.2, -0.15) is 0 Å². The summed E-state index contributed by atoms with van der Waals surface area (Å²) in [6.07, 6.45) is 0.754. The smallest absolute Gasteiger partial charge is 0.160 e. The fourth-order valence-corrected chi connectivity index (χ4v) is 2.13. The number of aldehydes is 1. The van der Waals surface area contributed by atoms with Gasteiger partial charge in [-0.05, 0) is 18.2 Å². The number of fused-ring (bicyclic) bond motifs is 1. The van der Waals surface area contributed by atoms with Crippen molar-refractivity contribution in [3.8, 4) is 5.75 Å². The van der Waals surface area contributed by atoms with E-state index < -0.39 is 0 Å². The molecule has 0 atom stereocenters. The SMILES string of the molecule is Nc1ccc(O)c2cc(C=O)sc12. The summed E-state index contributed by atoms with van der Waals surface area (Å²) in [4.78, 5) is 11.1. The van der Waals surface area contributed by atoms with Crippen LogP contribution in [0.3, 0.4) is 0 Å². The van der Waals surface area contributed by atoms with Crippen molar-refractivity contribution in [2.75, 3.05) is 5.73 Å². The molecule has 1 heterocycles. The predicted octanol–water partition coefficient (Wildman–Crippen LogP) is 2.00. The molecule has 0 bridgehead atoms. The van der Waals surface area contributed by atoms with E-state index >= 15 is 0 Å². The highest BCUT2D eigenvalue weighted by molar-refractivity contribution is 7.21. The highest BCUT2D eigenvalue weighted by Gasteiger charge is 2.07. The van der Waals surface area contributed by atoms with E-state index in [0.717, 1.165) is 11.0 Å². The first-order valence-electron chi connectivity index (χ1n) is 3.68. The van der Waals surface area contributed by atoms with Crippen molar-refractivity contribution in [3.63, 3.8) is 0 Å². The van der Waals surface area contributed by atoms with Gasteiger partial charge in [-0.1, -0.05) is 0 Å². The molecule has 2 rings (SSSR count). The minimum absolute atomic E-state index is 0.161. The lowest BCUT2D eigenvalue weighted by molar-refractivity contribution is 0.112. The Balaban J connectivity index is 2.87. The molecule has 3 N–H and O–H groups in total. The van der Waals surface area contributed by atoms with Gasteiger partial charge in [0.2, 0.25) is 0 Å². The van der Waals surface area contributed by atoms with Gasteiger partial charge in [0, 0.05) is 11.1 Å². The first-order valence-corrected chi connectivity index (χ1v) is 4.50. The number of aromatic hydroxyl groups is 1. The molecule has 0 fully saturated rings. The van der Waals surface area contributed by atoms with Crippen LogP contribution >= 0.6 is 11.3 Å². The van der Waals surface area contributed by atoms with Crippen molar-refractivity contribution >= 4 is 33.4 Å². The summed E-state index contributed by atoms with van der Waals surface area (Å²) in [6.45, 7) is 0. The Hall–Kier alpha value is -1.55. The number of carbonyl (C=O) groups excluding carboxylic acids is 1. The molecule has 0 aliphatic carbocycles. The largest absolute Gasteiger partial charge is 0.507 e. The van der Waals surface area contributed by atoms with Gasteiger partial charge >= 0.3 is 0 Å². The molecule has 0 unspecified atom stereocenters. The van der Waals surface area contributed by atoms with Crippen LogP contribution < -0.4 is 5.73 Å². The maximum atomic E-state index is 10.5.